The molecule has 1 fully saturated rings. The molecule has 2 heterocycles. The molecule has 0 saturated heterocycles. The lowest BCUT2D eigenvalue weighted by Crippen LogP contribution is -2.42. The SMILES string of the molecule is CCNC1CC2(CCCC2)Oc2cc3c(cc21)OCCO3. The van der Waals surface area contributed by atoms with Gasteiger partial charge in [0.1, 0.15) is 24.6 Å². The van der Waals surface area contributed by atoms with Crippen molar-refractivity contribution in [3.8, 4) is 17.2 Å². The fraction of sp³-hybridized carbons (Fsp3) is 0.647. The van der Waals surface area contributed by atoms with E-state index in [1.54, 1.807) is 0 Å². The van der Waals surface area contributed by atoms with Gasteiger partial charge >= 0.3 is 0 Å². The molecule has 0 bridgehead atoms. The molecule has 1 saturated carbocycles. The first-order chi connectivity index (χ1) is 10.3. The first-order valence-corrected chi connectivity index (χ1v) is 8.16. The van der Waals surface area contributed by atoms with Crippen LogP contribution in [-0.4, -0.2) is 25.4 Å². The van der Waals surface area contributed by atoms with Gasteiger partial charge in [0, 0.05) is 24.1 Å². The van der Waals surface area contributed by atoms with Gasteiger partial charge < -0.3 is 19.5 Å². The third-order valence-electron chi connectivity index (χ3n) is 4.92. The summed E-state index contributed by atoms with van der Waals surface area (Å²) in [4.78, 5) is 0. The highest BCUT2D eigenvalue weighted by Gasteiger charge is 2.43. The highest BCUT2D eigenvalue weighted by molar-refractivity contribution is 5.53. The van der Waals surface area contributed by atoms with E-state index >= 15 is 0 Å². The molecule has 0 radical (unpaired) electrons. The van der Waals surface area contributed by atoms with Crippen LogP contribution in [0.2, 0.25) is 0 Å². The molecule has 1 atom stereocenters. The predicted octanol–water partition coefficient (Wildman–Crippen LogP) is 3.20. The van der Waals surface area contributed by atoms with E-state index in [4.69, 9.17) is 14.2 Å². The van der Waals surface area contributed by atoms with E-state index in [-0.39, 0.29) is 5.60 Å². The molecule has 1 N–H and O–H groups in total. The van der Waals surface area contributed by atoms with Crippen molar-refractivity contribution in [1.82, 2.24) is 5.32 Å². The van der Waals surface area contributed by atoms with Crippen molar-refractivity contribution in [2.45, 2.75) is 50.7 Å². The number of hydrogen-bond donors (Lipinski definition) is 1. The van der Waals surface area contributed by atoms with Crippen LogP contribution in [0.4, 0.5) is 0 Å². The smallest absolute Gasteiger partial charge is 0.165 e. The van der Waals surface area contributed by atoms with Gasteiger partial charge in [0.2, 0.25) is 0 Å². The van der Waals surface area contributed by atoms with Gasteiger partial charge in [-0.05, 0) is 38.3 Å². The van der Waals surface area contributed by atoms with Crippen LogP contribution in [0, 0.1) is 0 Å². The lowest BCUT2D eigenvalue weighted by molar-refractivity contribution is 0.0360. The van der Waals surface area contributed by atoms with E-state index in [0.717, 1.165) is 30.2 Å². The fourth-order valence-corrected chi connectivity index (χ4v) is 3.96. The minimum absolute atomic E-state index is 0.0313. The average Bonchev–Trinajstić information content (AvgIpc) is 2.93. The quantitative estimate of drug-likeness (QED) is 0.907. The van der Waals surface area contributed by atoms with Crippen molar-refractivity contribution in [1.29, 1.82) is 0 Å². The highest BCUT2D eigenvalue weighted by Crippen LogP contribution is 2.50. The van der Waals surface area contributed by atoms with Crippen molar-refractivity contribution in [2.24, 2.45) is 0 Å². The van der Waals surface area contributed by atoms with Crippen molar-refractivity contribution >= 4 is 0 Å². The Morgan fingerprint density at radius 2 is 1.81 bits per heavy atom. The van der Waals surface area contributed by atoms with E-state index in [2.05, 4.69) is 18.3 Å². The van der Waals surface area contributed by atoms with Gasteiger partial charge in [-0.2, -0.15) is 0 Å². The van der Waals surface area contributed by atoms with Gasteiger partial charge in [-0.1, -0.05) is 6.92 Å². The molecule has 3 aliphatic rings. The standard InChI is InChI=1S/C17H23NO3/c1-2-18-13-11-17(5-3-4-6-17)21-14-10-16-15(9-12(13)14)19-7-8-20-16/h9-10,13,18H,2-8,11H2,1H3. The summed E-state index contributed by atoms with van der Waals surface area (Å²) < 4.78 is 17.9. The van der Waals surface area contributed by atoms with Crippen LogP contribution in [0.5, 0.6) is 17.2 Å². The van der Waals surface area contributed by atoms with Crippen LogP contribution in [-0.2, 0) is 0 Å². The molecule has 0 aromatic heterocycles. The van der Waals surface area contributed by atoms with E-state index < -0.39 is 0 Å². The molecular formula is C17H23NO3. The third-order valence-corrected chi connectivity index (χ3v) is 4.92. The number of fused-ring (bicyclic) bond motifs is 2. The summed E-state index contributed by atoms with van der Waals surface area (Å²) in [6, 6.07) is 4.50. The number of hydrogen-bond acceptors (Lipinski definition) is 4. The van der Waals surface area contributed by atoms with Crippen molar-refractivity contribution in [3.63, 3.8) is 0 Å². The lowest BCUT2D eigenvalue weighted by atomic mass is 9.85. The zero-order chi connectivity index (χ0) is 14.3. The Hall–Kier alpha value is -1.42. The molecule has 1 unspecified atom stereocenters. The Morgan fingerprint density at radius 1 is 1.10 bits per heavy atom. The maximum absolute atomic E-state index is 6.45. The summed E-state index contributed by atoms with van der Waals surface area (Å²) in [5.74, 6) is 2.66. The van der Waals surface area contributed by atoms with Crippen molar-refractivity contribution in [3.05, 3.63) is 17.7 Å². The van der Waals surface area contributed by atoms with Crippen molar-refractivity contribution in [2.75, 3.05) is 19.8 Å². The molecule has 1 spiro atoms. The Kier molecular flexibility index (Phi) is 3.21. The normalized spacial score (nSPS) is 25.5. The minimum Gasteiger partial charge on any atom is -0.487 e. The summed E-state index contributed by atoms with van der Waals surface area (Å²) in [6.45, 7) is 4.37. The second-order valence-corrected chi connectivity index (χ2v) is 6.34. The highest BCUT2D eigenvalue weighted by atomic mass is 16.6. The Morgan fingerprint density at radius 3 is 2.52 bits per heavy atom. The van der Waals surface area contributed by atoms with E-state index in [9.17, 15) is 0 Å². The van der Waals surface area contributed by atoms with Crippen LogP contribution in [0.25, 0.3) is 0 Å². The molecule has 4 nitrogen and oxygen atoms in total. The first-order valence-electron chi connectivity index (χ1n) is 8.16. The van der Waals surface area contributed by atoms with Crippen LogP contribution in [0.3, 0.4) is 0 Å². The van der Waals surface area contributed by atoms with Gasteiger partial charge in [-0.25, -0.2) is 0 Å². The van der Waals surface area contributed by atoms with Gasteiger partial charge in [-0.3, -0.25) is 0 Å². The number of ether oxygens (including phenoxy) is 3. The van der Waals surface area contributed by atoms with Gasteiger partial charge in [0.15, 0.2) is 11.5 Å². The van der Waals surface area contributed by atoms with E-state index in [1.807, 2.05) is 6.07 Å². The maximum atomic E-state index is 6.45. The second-order valence-electron chi connectivity index (χ2n) is 6.34. The zero-order valence-corrected chi connectivity index (χ0v) is 12.6. The van der Waals surface area contributed by atoms with Crippen LogP contribution in [0.15, 0.2) is 12.1 Å². The third kappa shape index (κ3) is 2.26. The van der Waals surface area contributed by atoms with Crippen molar-refractivity contribution < 1.29 is 14.2 Å². The Labute approximate surface area is 125 Å². The average molecular weight is 289 g/mol. The summed E-state index contributed by atoms with van der Waals surface area (Å²) >= 11 is 0. The molecule has 2 aliphatic heterocycles. The molecule has 1 aromatic rings. The summed E-state index contributed by atoms with van der Waals surface area (Å²) in [5, 5.41) is 3.62. The topological polar surface area (TPSA) is 39.7 Å². The number of rotatable bonds is 2. The number of benzene rings is 1. The fourth-order valence-electron chi connectivity index (χ4n) is 3.96. The lowest BCUT2D eigenvalue weighted by Gasteiger charge is -2.41. The summed E-state index contributed by atoms with van der Waals surface area (Å²) in [5.41, 5.74) is 1.25. The molecular weight excluding hydrogens is 266 g/mol. The number of nitrogens with one attached hydrogen (secondary N) is 1. The van der Waals surface area contributed by atoms with Crippen LogP contribution >= 0.6 is 0 Å². The Bertz CT molecular complexity index is 537. The second kappa shape index (κ2) is 5.09. The summed E-state index contributed by atoms with van der Waals surface area (Å²) in [6.07, 6.45) is 5.95. The molecule has 4 rings (SSSR count). The molecule has 0 amide bonds. The first kappa shape index (κ1) is 13.3. The molecule has 1 aromatic carbocycles. The minimum atomic E-state index is 0.0313. The molecule has 1 aliphatic carbocycles. The van der Waals surface area contributed by atoms with E-state index in [0.29, 0.717) is 19.3 Å². The molecule has 4 heteroatoms. The van der Waals surface area contributed by atoms with Gasteiger partial charge in [0.05, 0.1) is 0 Å². The van der Waals surface area contributed by atoms with Gasteiger partial charge in [-0.15, -0.1) is 0 Å². The molecule has 21 heavy (non-hydrogen) atoms. The maximum Gasteiger partial charge on any atom is 0.165 e. The largest absolute Gasteiger partial charge is 0.487 e. The Balaban J connectivity index is 1.74. The zero-order valence-electron chi connectivity index (χ0n) is 12.6. The summed E-state index contributed by atoms with van der Waals surface area (Å²) in [7, 11) is 0. The monoisotopic (exact) mass is 289 g/mol. The van der Waals surface area contributed by atoms with Gasteiger partial charge in [0.25, 0.3) is 0 Å². The van der Waals surface area contributed by atoms with Crippen LogP contribution < -0.4 is 19.5 Å². The molecule has 114 valence electrons. The van der Waals surface area contributed by atoms with Crippen LogP contribution in [0.1, 0.15) is 50.6 Å². The predicted molar refractivity (Wildman–Crippen MR) is 80.3 cm³/mol. The van der Waals surface area contributed by atoms with E-state index in [1.165, 1.54) is 31.2 Å².